The highest BCUT2D eigenvalue weighted by atomic mass is 32.1. The third-order valence-corrected chi connectivity index (χ3v) is 7.60. The lowest BCUT2D eigenvalue weighted by Crippen LogP contribution is -2.27. The molecule has 8 heteroatoms. The summed E-state index contributed by atoms with van der Waals surface area (Å²) in [5, 5.41) is 3.70. The maximum atomic E-state index is 13.0. The lowest BCUT2D eigenvalue weighted by molar-refractivity contribution is -0.121. The van der Waals surface area contributed by atoms with E-state index >= 15 is 0 Å². The number of ether oxygens (including phenoxy) is 1. The minimum atomic E-state index is -0.0978. The Labute approximate surface area is 190 Å². The Bertz CT molecular complexity index is 1180. The van der Waals surface area contributed by atoms with Crippen LogP contribution in [-0.2, 0) is 30.7 Å². The highest BCUT2D eigenvalue weighted by molar-refractivity contribution is 7.18. The van der Waals surface area contributed by atoms with Crippen LogP contribution in [0.25, 0.3) is 10.2 Å². The lowest BCUT2D eigenvalue weighted by Gasteiger charge is -2.13. The molecule has 0 aromatic carbocycles. The SMILES string of the molecule is O=C(CCn1cnc2sc3c(c2c1=O)CCCC3)NCc1ccnc(OC2CCCC2)c1. The standard InChI is InChI=1S/C24H28N4O3S/c29-20(26-14-16-9-11-25-21(13-16)31-17-5-1-2-6-17)10-12-28-15-27-23-22(24(28)30)18-7-3-4-8-19(18)32-23/h9,11,13,15,17H,1-8,10,12,14H2,(H,26,29). The van der Waals surface area contributed by atoms with Gasteiger partial charge in [-0.05, 0) is 68.6 Å². The number of carbonyl (C=O) groups excluding carboxylic acids is 1. The quantitative estimate of drug-likeness (QED) is 0.590. The number of nitrogens with one attached hydrogen (secondary N) is 1. The zero-order chi connectivity index (χ0) is 21.9. The summed E-state index contributed by atoms with van der Waals surface area (Å²) in [6.45, 7) is 0.733. The van der Waals surface area contributed by atoms with Gasteiger partial charge in [0.25, 0.3) is 5.56 Å². The Morgan fingerprint density at radius 1 is 1.19 bits per heavy atom. The van der Waals surface area contributed by atoms with Gasteiger partial charge in [0.2, 0.25) is 11.8 Å². The van der Waals surface area contributed by atoms with Crippen LogP contribution in [0.2, 0.25) is 0 Å². The van der Waals surface area contributed by atoms with Gasteiger partial charge in [-0.25, -0.2) is 9.97 Å². The molecule has 3 aromatic heterocycles. The van der Waals surface area contributed by atoms with E-state index in [-0.39, 0.29) is 24.0 Å². The van der Waals surface area contributed by atoms with Gasteiger partial charge >= 0.3 is 0 Å². The number of nitrogens with zero attached hydrogens (tertiary/aromatic N) is 3. The van der Waals surface area contributed by atoms with E-state index in [1.54, 1.807) is 28.4 Å². The third kappa shape index (κ3) is 4.55. The highest BCUT2D eigenvalue weighted by Gasteiger charge is 2.20. The van der Waals surface area contributed by atoms with Crippen molar-refractivity contribution in [2.24, 2.45) is 0 Å². The predicted molar refractivity (Wildman–Crippen MR) is 124 cm³/mol. The normalized spacial score (nSPS) is 16.2. The summed E-state index contributed by atoms with van der Waals surface area (Å²) in [5.74, 6) is 0.521. The first kappa shape index (κ1) is 21.1. The number of carbonyl (C=O) groups is 1. The number of hydrogen-bond donors (Lipinski definition) is 1. The van der Waals surface area contributed by atoms with Crippen molar-refractivity contribution in [3.63, 3.8) is 0 Å². The number of pyridine rings is 1. The molecule has 7 nitrogen and oxygen atoms in total. The largest absolute Gasteiger partial charge is 0.474 e. The molecule has 168 valence electrons. The smallest absolute Gasteiger partial charge is 0.262 e. The summed E-state index contributed by atoms with van der Waals surface area (Å²) < 4.78 is 7.51. The second-order valence-corrected chi connectivity index (χ2v) is 9.77. The first-order valence-electron chi connectivity index (χ1n) is 11.6. The van der Waals surface area contributed by atoms with Gasteiger partial charge < -0.3 is 10.1 Å². The molecule has 0 bridgehead atoms. The molecule has 1 amide bonds. The fraction of sp³-hybridized carbons (Fsp3) is 0.500. The van der Waals surface area contributed by atoms with Gasteiger partial charge in [0.1, 0.15) is 10.9 Å². The summed E-state index contributed by atoms with van der Waals surface area (Å²) in [7, 11) is 0. The average molecular weight is 453 g/mol. The van der Waals surface area contributed by atoms with Gasteiger partial charge in [0.15, 0.2) is 0 Å². The number of amides is 1. The Morgan fingerprint density at radius 2 is 2.03 bits per heavy atom. The Kier molecular flexibility index (Phi) is 6.21. The van der Waals surface area contributed by atoms with E-state index in [1.165, 1.54) is 29.7 Å². The summed E-state index contributed by atoms with van der Waals surface area (Å²) >= 11 is 1.64. The minimum absolute atomic E-state index is 0.0231. The summed E-state index contributed by atoms with van der Waals surface area (Å²) in [4.78, 5) is 36.4. The van der Waals surface area contributed by atoms with Crippen molar-refractivity contribution >= 4 is 27.5 Å². The van der Waals surface area contributed by atoms with Crippen molar-refractivity contribution in [3.8, 4) is 5.88 Å². The molecule has 0 atom stereocenters. The van der Waals surface area contributed by atoms with Crippen LogP contribution in [0.5, 0.6) is 5.88 Å². The summed E-state index contributed by atoms with van der Waals surface area (Å²) in [5.41, 5.74) is 2.11. The molecule has 0 radical (unpaired) electrons. The molecule has 32 heavy (non-hydrogen) atoms. The minimum Gasteiger partial charge on any atom is -0.474 e. The zero-order valence-corrected chi connectivity index (χ0v) is 19.0. The third-order valence-electron chi connectivity index (χ3n) is 6.40. The number of rotatable bonds is 7. The maximum Gasteiger partial charge on any atom is 0.262 e. The van der Waals surface area contributed by atoms with Crippen molar-refractivity contribution in [2.45, 2.75) is 77.0 Å². The van der Waals surface area contributed by atoms with Crippen molar-refractivity contribution in [2.75, 3.05) is 0 Å². The Hall–Kier alpha value is -2.74. The van der Waals surface area contributed by atoms with Crippen LogP contribution in [0.15, 0.2) is 29.5 Å². The molecule has 1 N–H and O–H groups in total. The van der Waals surface area contributed by atoms with Crippen LogP contribution < -0.4 is 15.6 Å². The zero-order valence-electron chi connectivity index (χ0n) is 18.1. The van der Waals surface area contributed by atoms with Gasteiger partial charge in [-0.1, -0.05) is 0 Å². The van der Waals surface area contributed by atoms with E-state index in [2.05, 4.69) is 15.3 Å². The lowest BCUT2D eigenvalue weighted by atomic mass is 9.97. The van der Waals surface area contributed by atoms with Gasteiger partial charge in [-0.15, -0.1) is 11.3 Å². The van der Waals surface area contributed by atoms with Crippen molar-refractivity contribution in [3.05, 3.63) is 51.0 Å². The van der Waals surface area contributed by atoms with Crippen LogP contribution in [0, 0.1) is 0 Å². The van der Waals surface area contributed by atoms with Crippen LogP contribution >= 0.6 is 11.3 Å². The molecule has 0 aliphatic heterocycles. The van der Waals surface area contributed by atoms with Crippen LogP contribution in [0.1, 0.15) is 60.9 Å². The topological polar surface area (TPSA) is 86.1 Å². The Morgan fingerprint density at radius 3 is 2.91 bits per heavy atom. The first-order chi connectivity index (χ1) is 15.7. The molecule has 3 heterocycles. The number of hydrogen-bond acceptors (Lipinski definition) is 6. The van der Waals surface area contributed by atoms with E-state index in [4.69, 9.17) is 4.74 Å². The highest BCUT2D eigenvalue weighted by Crippen LogP contribution is 2.33. The molecular formula is C24H28N4O3S. The van der Waals surface area contributed by atoms with E-state index in [0.29, 0.717) is 19.0 Å². The van der Waals surface area contributed by atoms with Crippen molar-refractivity contribution in [1.29, 1.82) is 0 Å². The predicted octanol–water partition coefficient (Wildman–Crippen LogP) is 3.76. The summed E-state index contributed by atoms with van der Waals surface area (Å²) in [6, 6.07) is 3.77. The van der Waals surface area contributed by atoms with Crippen LogP contribution in [0.3, 0.4) is 0 Å². The van der Waals surface area contributed by atoms with Crippen molar-refractivity contribution < 1.29 is 9.53 Å². The molecule has 0 spiro atoms. The fourth-order valence-corrected chi connectivity index (χ4v) is 5.87. The summed E-state index contributed by atoms with van der Waals surface area (Å²) in [6.07, 6.45) is 12.7. The second kappa shape index (κ2) is 9.40. The molecule has 0 unspecified atom stereocenters. The molecule has 0 saturated heterocycles. The van der Waals surface area contributed by atoms with Gasteiger partial charge in [-0.3, -0.25) is 14.2 Å². The van der Waals surface area contributed by atoms with Gasteiger partial charge in [-0.2, -0.15) is 0 Å². The number of thiophene rings is 1. The maximum absolute atomic E-state index is 13.0. The molecule has 2 aliphatic carbocycles. The second-order valence-electron chi connectivity index (χ2n) is 8.69. The number of fused-ring (bicyclic) bond motifs is 3. The molecule has 1 fully saturated rings. The molecular weight excluding hydrogens is 424 g/mol. The monoisotopic (exact) mass is 452 g/mol. The van der Waals surface area contributed by atoms with E-state index in [1.807, 2.05) is 12.1 Å². The average Bonchev–Trinajstić information content (AvgIpc) is 3.45. The van der Waals surface area contributed by atoms with Gasteiger partial charge in [0, 0.05) is 36.7 Å². The molecule has 5 rings (SSSR count). The van der Waals surface area contributed by atoms with E-state index in [0.717, 1.165) is 47.9 Å². The first-order valence-corrected chi connectivity index (χ1v) is 12.4. The Balaban J connectivity index is 1.18. The van der Waals surface area contributed by atoms with Gasteiger partial charge in [0.05, 0.1) is 11.7 Å². The van der Waals surface area contributed by atoms with Crippen molar-refractivity contribution in [1.82, 2.24) is 19.9 Å². The van der Waals surface area contributed by atoms with E-state index < -0.39 is 0 Å². The van der Waals surface area contributed by atoms with Crippen LogP contribution in [-0.4, -0.2) is 26.5 Å². The molecule has 3 aromatic rings. The van der Waals surface area contributed by atoms with E-state index in [9.17, 15) is 9.59 Å². The molecule has 1 saturated carbocycles. The number of aromatic nitrogens is 3. The number of aryl methyl sites for hydroxylation is 3. The molecule has 2 aliphatic rings. The van der Waals surface area contributed by atoms with Crippen LogP contribution in [0.4, 0.5) is 0 Å². The fourth-order valence-electron chi connectivity index (χ4n) is 4.65.